The van der Waals surface area contributed by atoms with Gasteiger partial charge in [-0.2, -0.15) is 5.26 Å². The molecule has 0 amide bonds. The summed E-state index contributed by atoms with van der Waals surface area (Å²) in [5.74, 6) is -0.346. The first kappa shape index (κ1) is 12.2. The van der Waals surface area contributed by atoms with Crippen LogP contribution in [0.5, 0.6) is 0 Å². The van der Waals surface area contributed by atoms with Crippen LogP contribution in [0.25, 0.3) is 0 Å². The third-order valence-corrected chi connectivity index (χ3v) is 2.80. The average molecular weight is 241 g/mol. The highest BCUT2D eigenvalue weighted by Gasteiger charge is 2.07. The molecule has 0 saturated carbocycles. The molecule has 0 aliphatic carbocycles. The van der Waals surface area contributed by atoms with Crippen LogP contribution >= 0.6 is 0 Å². The molecule has 0 aliphatic heterocycles. The van der Waals surface area contributed by atoms with Gasteiger partial charge in [0, 0.05) is 12.6 Å². The van der Waals surface area contributed by atoms with Crippen molar-refractivity contribution in [2.75, 3.05) is 0 Å². The minimum absolute atomic E-state index is 0.346. The first-order valence-corrected chi connectivity index (χ1v) is 5.58. The Morgan fingerprint density at radius 1 is 1.28 bits per heavy atom. The molecule has 1 aromatic carbocycles. The summed E-state index contributed by atoms with van der Waals surface area (Å²) in [7, 11) is 0. The molecule has 90 valence electrons. The third-order valence-electron chi connectivity index (χ3n) is 2.80. The van der Waals surface area contributed by atoms with Gasteiger partial charge in [-0.05, 0) is 37.6 Å². The quantitative estimate of drug-likeness (QED) is 0.812. The lowest BCUT2D eigenvalue weighted by molar-refractivity contribution is 0.625. The van der Waals surface area contributed by atoms with Gasteiger partial charge in [0.25, 0.3) is 0 Å². The van der Waals surface area contributed by atoms with Crippen molar-refractivity contribution in [3.05, 3.63) is 58.4 Å². The van der Waals surface area contributed by atoms with Crippen LogP contribution in [0, 0.1) is 31.0 Å². The summed E-state index contributed by atoms with van der Waals surface area (Å²) in [5, 5.41) is 8.98. The van der Waals surface area contributed by atoms with Crippen LogP contribution in [0.3, 0.4) is 0 Å². The normalized spacial score (nSPS) is 10.1. The summed E-state index contributed by atoms with van der Waals surface area (Å²) in [6.45, 7) is 3.76. The van der Waals surface area contributed by atoms with Gasteiger partial charge in [0.15, 0.2) is 0 Å². The van der Waals surface area contributed by atoms with Crippen LogP contribution < -0.4 is 0 Å². The number of aromatic nitrogens is 2. The summed E-state index contributed by atoms with van der Waals surface area (Å²) in [6.07, 6.45) is 2.07. The Hall–Kier alpha value is -2.28. The van der Waals surface area contributed by atoms with E-state index in [0.29, 0.717) is 17.5 Å². The maximum Gasteiger partial charge on any atom is 0.123 e. The third kappa shape index (κ3) is 2.51. The highest BCUT2D eigenvalue weighted by molar-refractivity contribution is 5.39. The van der Waals surface area contributed by atoms with Gasteiger partial charge in [-0.25, -0.2) is 4.39 Å². The van der Waals surface area contributed by atoms with Crippen LogP contribution in [-0.4, -0.2) is 9.97 Å². The smallest absolute Gasteiger partial charge is 0.123 e. The first-order valence-electron chi connectivity index (χ1n) is 5.58. The molecule has 0 atom stereocenters. The van der Waals surface area contributed by atoms with E-state index in [1.807, 2.05) is 13.8 Å². The van der Waals surface area contributed by atoms with E-state index in [2.05, 4.69) is 16.0 Å². The van der Waals surface area contributed by atoms with E-state index in [0.717, 1.165) is 17.1 Å². The van der Waals surface area contributed by atoms with Crippen LogP contribution in [-0.2, 0) is 6.42 Å². The zero-order valence-electron chi connectivity index (χ0n) is 10.2. The fourth-order valence-electron chi connectivity index (χ4n) is 1.69. The van der Waals surface area contributed by atoms with Crippen molar-refractivity contribution in [2.24, 2.45) is 0 Å². The maximum atomic E-state index is 13.2. The van der Waals surface area contributed by atoms with Gasteiger partial charge in [0.1, 0.15) is 5.82 Å². The Morgan fingerprint density at radius 3 is 2.72 bits per heavy atom. The van der Waals surface area contributed by atoms with Crippen molar-refractivity contribution in [1.29, 1.82) is 5.26 Å². The summed E-state index contributed by atoms with van der Waals surface area (Å²) in [6, 6.07) is 6.20. The molecular weight excluding hydrogens is 229 g/mol. The van der Waals surface area contributed by atoms with Gasteiger partial charge >= 0.3 is 0 Å². The molecule has 4 heteroatoms. The fourth-order valence-corrected chi connectivity index (χ4v) is 1.69. The van der Waals surface area contributed by atoms with Crippen molar-refractivity contribution in [2.45, 2.75) is 20.3 Å². The van der Waals surface area contributed by atoms with Crippen molar-refractivity contribution in [3.63, 3.8) is 0 Å². The fraction of sp³-hybridized carbons (Fsp3) is 0.214. The molecule has 0 fully saturated rings. The van der Waals surface area contributed by atoms with Crippen molar-refractivity contribution < 1.29 is 4.39 Å². The van der Waals surface area contributed by atoms with Gasteiger partial charge in [-0.15, -0.1) is 0 Å². The van der Waals surface area contributed by atoms with E-state index in [1.165, 1.54) is 18.2 Å². The molecule has 1 aromatic heterocycles. The highest BCUT2D eigenvalue weighted by atomic mass is 19.1. The molecule has 2 aromatic rings. The van der Waals surface area contributed by atoms with Crippen molar-refractivity contribution >= 4 is 0 Å². The van der Waals surface area contributed by atoms with E-state index < -0.39 is 0 Å². The Kier molecular flexibility index (Phi) is 3.33. The Morgan fingerprint density at radius 2 is 2.06 bits per heavy atom. The SMILES string of the molecule is Cc1ncc(Cc2cc(F)ccc2C#N)nc1C. The molecule has 3 nitrogen and oxygen atoms in total. The van der Waals surface area contributed by atoms with Crippen LogP contribution in [0.1, 0.15) is 28.2 Å². The van der Waals surface area contributed by atoms with Crippen LogP contribution in [0.2, 0.25) is 0 Å². The van der Waals surface area contributed by atoms with E-state index in [9.17, 15) is 4.39 Å². The summed E-state index contributed by atoms with van der Waals surface area (Å²) < 4.78 is 13.2. The number of hydrogen-bond acceptors (Lipinski definition) is 3. The van der Waals surface area contributed by atoms with Gasteiger partial charge in [0.05, 0.1) is 28.7 Å². The number of aryl methyl sites for hydroxylation is 2. The van der Waals surface area contributed by atoms with Gasteiger partial charge in [-0.3, -0.25) is 9.97 Å². The minimum atomic E-state index is -0.346. The Bertz CT molecular complexity index is 629. The molecule has 0 unspecified atom stereocenters. The van der Waals surface area contributed by atoms with E-state index >= 15 is 0 Å². The first-order chi connectivity index (χ1) is 8.60. The number of benzene rings is 1. The summed E-state index contributed by atoms with van der Waals surface area (Å²) in [5.41, 5.74) is 3.56. The minimum Gasteiger partial charge on any atom is -0.258 e. The van der Waals surface area contributed by atoms with E-state index in [4.69, 9.17) is 5.26 Å². The molecule has 0 bridgehead atoms. The predicted molar refractivity (Wildman–Crippen MR) is 65.4 cm³/mol. The predicted octanol–water partition coefficient (Wildman–Crippen LogP) is 2.70. The second kappa shape index (κ2) is 4.92. The zero-order valence-corrected chi connectivity index (χ0v) is 10.2. The van der Waals surface area contributed by atoms with E-state index in [1.54, 1.807) is 6.20 Å². The topological polar surface area (TPSA) is 49.6 Å². The van der Waals surface area contributed by atoms with Crippen molar-refractivity contribution in [1.82, 2.24) is 9.97 Å². The molecule has 0 spiro atoms. The lowest BCUT2D eigenvalue weighted by Crippen LogP contribution is -2.00. The molecule has 1 heterocycles. The van der Waals surface area contributed by atoms with Crippen LogP contribution in [0.15, 0.2) is 24.4 Å². The Labute approximate surface area is 105 Å². The van der Waals surface area contributed by atoms with Gasteiger partial charge in [-0.1, -0.05) is 0 Å². The number of nitriles is 1. The number of halogens is 1. The molecule has 2 rings (SSSR count). The average Bonchev–Trinajstić information content (AvgIpc) is 2.34. The van der Waals surface area contributed by atoms with Gasteiger partial charge in [0.2, 0.25) is 0 Å². The molecular formula is C14H12FN3. The summed E-state index contributed by atoms with van der Waals surface area (Å²) >= 11 is 0. The zero-order chi connectivity index (χ0) is 13.1. The maximum absolute atomic E-state index is 13.2. The van der Waals surface area contributed by atoms with Gasteiger partial charge < -0.3 is 0 Å². The lowest BCUT2D eigenvalue weighted by atomic mass is 10.0. The van der Waals surface area contributed by atoms with Crippen LogP contribution in [0.4, 0.5) is 4.39 Å². The molecule has 0 radical (unpaired) electrons. The molecule has 0 aliphatic rings. The number of nitrogens with zero attached hydrogens (tertiary/aromatic N) is 3. The lowest BCUT2D eigenvalue weighted by Gasteiger charge is -2.05. The largest absolute Gasteiger partial charge is 0.258 e. The number of rotatable bonds is 2. The standard InChI is InChI=1S/C14H12FN3/c1-9-10(2)18-14(8-17-9)6-12-5-13(15)4-3-11(12)7-16/h3-5,8H,6H2,1-2H3. The van der Waals surface area contributed by atoms with Crippen molar-refractivity contribution in [3.8, 4) is 6.07 Å². The highest BCUT2D eigenvalue weighted by Crippen LogP contribution is 2.14. The molecule has 18 heavy (non-hydrogen) atoms. The summed E-state index contributed by atoms with van der Waals surface area (Å²) in [4.78, 5) is 8.59. The number of hydrogen-bond donors (Lipinski definition) is 0. The monoisotopic (exact) mass is 241 g/mol. The second-order valence-corrected chi connectivity index (χ2v) is 4.12. The molecule has 0 N–H and O–H groups in total. The molecule has 0 saturated heterocycles. The Balaban J connectivity index is 2.36. The van der Waals surface area contributed by atoms with E-state index in [-0.39, 0.29) is 5.82 Å². The second-order valence-electron chi connectivity index (χ2n) is 4.12.